The molecular weight excluding hydrogens is 480 g/mol. The van der Waals surface area contributed by atoms with E-state index in [1.165, 1.54) is 24.7 Å². The summed E-state index contributed by atoms with van der Waals surface area (Å²) in [6, 6.07) is 6.44. The molecule has 35 heavy (non-hydrogen) atoms. The van der Waals surface area contributed by atoms with Crippen LogP contribution in [0.5, 0.6) is 0 Å². The summed E-state index contributed by atoms with van der Waals surface area (Å²) in [5.74, 6) is -4.08. The fourth-order valence-electron chi connectivity index (χ4n) is 3.61. The summed E-state index contributed by atoms with van der Waals surface area (Å²) >= 11 is -2.82. The van der Waals surface area contributed by atoms with Crippen LogP contribution in [-0.2, 0) is 11.3 Å². The number of fused-ring (bicyclic) bond motifs is 1. The Bertz CT molecular complexity index is 1470. The van der Waals surface area contributed by atoms with Crippen molar-refractivity contribution >= 4 is 39.7 Å². The first-order valence-corrected chi connectivity index (χ1v) is 11.4. The van der Waals surface area contributed by atoms with Gasteiger partial charge in [-0.1, -0.05) is 13.0 Å². The largest absolute Gasteiger partial charge is 0.755 e. The quantitative estimate of drug-likeness (QED) is 0.282. The third-order valence-electron chi connectivity index (χ3n) is 5.30. The molecule has 1 unspecified atom stereocenters. The number of primary amides is 1. The SMILES string of the molecule is CCCN(c1ccc(F)c(C(=O)c2c[nH]c3ncc(-c4ccc(C(N)=O)nc4)cc23)c1F)S(=O)[O-]. The summed E-state index contributed by atoms with van der Waals surface area (Å²) in [5, 5.41) is 0.286. The number of pyridine rings is 2. The van der Waals surface area contributed by atoms with Gasteiger partial charge in [0.05, 0.1) is 11.3 Å². The van der Waals surface area contributed by atoms with E-state index in [0.717, 1.165) is 16.4 Å². The van der Waals surface area contributed by atoms with Crippen LogP contribution in [0.4, 0.5) is 14.5 Å². The van der Waals surface area contributed by atoms with E-state index in [4.69, 9.17) is 5.73 Å². The van der Waals surface area contributed by atoms with Crippen molar-refractivity contribution in [2.75, 3.05) is 10.8 Å². The van der Waals surface area contributed by atoms with Gasteiger partial charge in [-0.15, -0.1) is 0 Å². The monoisotopic (exact) mass is 498 g/mol. The highest BCUT2D eigenvalue weighted by Gasteiger charge is 2.26. The molecule has 1 atom stereocenters. The number of anilines is 1. The van der Waals surface area contributed by atoms with Gasteiger partial charge in [0.2, 0.25) is 5.78 Å². The minimum atomic E-state index is -2.82. The zero-order chi connectivity index (χ0) is 25.3. The minimum Gasteiger partial charge on any atom is -0.755 e. The molecule has 0 saturated carbocycles. The molecule has 9 nitrogen and oxygen atoms in total. The second kappa shape index (κ2) is 9.68. The van der Waals surface area contributed by atoms with Crippen molar-refractivity contribution < 1.29 is 27.1 Å². The van der Waals surface area contributed by atoms with Gasteiger partial charge in [0, 0.05) is 58.5 Å². The molecule has 12 heteroatoms. The summed E-state index contributed by atoms with van der Waals surface area (Å²) in [5.41, 5.74) is 5.30. The van der Waals surface area contributed by atoms with Crippen molar-refractivity contribution in [1.29, 1.82) is 0 Å². The fourth-order valence-corrected chi connectivity index (χ4v) is 4.25. The number of halogens is 2. The number of carbonyl (C=O) groups is 2. The smallest absolute Gasteiger partial charge is 0.267 e. The molecular formula is C23H18F2N5O4S-. The van der Waals surface area contributed by atoms with E-state index >= 15 is 4.39 Å². The maximum atomic E-state index is 15.3. The zero-order valence-electron chi connectivity index (χ0n) is 18.2. The lowest BCUT2D eigenvalue weighted by Gasteiger charge is -2.26. The van der Waals surface area contributed by atoms with Crippen LogP contribution in [0.3, 0.4) is 0 Å². The van der Waals surface area contributed by atoms with Crippen LogP contribution in [0.25, 0.3) is 22.2 Å². The molecule has 1 aromatic carbocycles. The highest BCUT2D eigenvalue weighted by molar-refractivity contribution is 7.80. The van der Waals surface area contributed by atoms with E-state index < -0.39 is 45.8 Å². The predicted molar refractivity (Wildman–Crippen MR) is 124 cm³/mol. The van der Waals surface area contributed by atoms with Crippen LogP contribution in [0.2, 0.25) is 0 Å². The fraction of sp³-hybridized carbons (Fsp3) is 0.130. The lowest BCUT2D eigenvalue weighted by molar-refractivity contribution is 0.0993. The standard InChI is InChI=1S/C23H19F2N5O4S/c1-2-7-30(35(33)34)18-6-4-16(24)19(20(18)25)21(31)15-11-29-23-14(15)8-13(10-28-23)12-3-5-17(22(26)32)27-9-12/h3-6,8-11H,2,7H2,1H3,(H2,26,32)(H,28,29)(H,33,34)/p-1. The predicted octanol–water partition coefficient (Wildman–Crippen LogP) is 3.24. The molecule has 0 spiro atoms. The topological polar surface area (TPSA) is 145 Å². The number of ketones is 1. The minimum absolute atomic E-state index is 0.0464. The van der Waals surface area contributed by atoms with Gasteiger partial charge in [-0.25, -0.2) is 13.8 Å². The van der Waals surface area contributed by atoms with Crippen LogP contribution in [0.15, 0.2) is 48.9 Å². The van der Waals surface area contributed by atoms with Gasteiger partial charge < -0.3 is 15.3 Å². The Hall–Kier alpha value is -4.03. The van der Waals surface area contributed by atoms with Crippen molar-refractivity contribution in [1.82, 2.24) is 15.0 Å². The van der Waals surface area contributed by atoms with Crippen molar-refractivity contribution in [2.24, 2.45) is 5.73 Å². The van der Waals surface area contributed by atoms with E-state index in [-0.39, 0.29) is 23.2 Å². The number of aromatic amines is 1. The highest BCUT2D eigenvalue weighted by atomic mass is 32.2. The molecule has 180 valence electrons. The maximum absolute atomic E-state index is 15.3. The van der Waals surface area contributed by atoms with Gasteiger partial charge in [0.15, 0.2) is 5.82 Å². The van der Waals surface area contributed by atoms with Gasteiger partial charge in [-0.05, 0) is 30.7 Å². The van der Waals surface area contributed by atoms with Crippen LogP contribution in [-0.4, -0.2) is 41.9 Å². The van der Waals surface area contributed by atoms with Gasteiger partial charge in [0.1, 0.15) is 17.2 Å². The zero-order valence-corrected chi connectivity index (χ0v) is 19.1. The van der Waals surface area contributed by atoms with E-state index in [1.54, 1.807) is 19.1 Å². The average Bonchev–Trinajstić information content (AvgIpc) is 3.26. The Labute approximate surface area is 200 Å². The van der Waals surface area contributed by atoms with Gasteiger partial charge in [-0.2, -0.15) is 0 Å². The summed E-state index contributed by atoms with van der Waals surface area (Å²) in [6.07, 6.45) is 4.56. The summed E-state index contributed by atoms with van der Waals surface area (Å²) in [4.78, 5) is 35.5. The number of rotatable bonds is 8. The molecule has 0 radical (unpaired) electrons. The molecule has 4 aromatic rings. The van der Waals surface area contributed by atoms with Crippen LogP contribution < -0.4 is 10.0 Å². The Kier molecular flexibility index (Phi) is 6.67. The Balaban J connectivity index is 1.79. The first-order valence-electron chi connectivity index (χ1n) is 10.4. The molecule has 0 aliphatic heterocycles. The Morgan fingerprint density at radius 1 is 1.14 bits per heavy atom. The number of nitrogens with one attached hydrogen (secondary N) is 1. The van der Waals surface area contributed by atoms with Crippen LogP contribution >= 0.6 is 0 Å². The second-order valence-electron chi connectivity index (χ2n) is 7.52. The number of aromatic nitrogens is 3. The number of amides is 1. The number of carbonyl (C=O) groups excluding carboxylic acids is 2. The van der Waals surface area contributed by atoms with Crippen molar-refractivity contribution in [3.05, 3.63) is 77.4 Å². The van der Waals surface area contributed by atoms with Gasteiger partial charge in [-0.3, -0.25) is 23.1 Å². The molecule has 0 aliphatic carbocycles. The summed E-state index contributed by atoms with van der Waals surface area (Å²) in [6.45, 7) is 1.65. The molecule has 4 rings (SSSR count). The molecule has 3 heterocycles. The molecule has 1 amide bonds. The molecule has 0 bridgehead atoms. The molecule has 0 saturated heterocycles. The maximum Gasteiger partial charge on any atom is 0.267 e. The normalized spacial score (nSPS) is 12.0. The third kappa shape index (κ3) is 4.53. The van der Waals surface area contributed by atoms with E-state index in [9.17, 15) is 22.7 Å². The second-order valence-corrected chi connectivity index (χ2v) is 8.40. The Morgan fingerprint density at radius 2 is 1.89 bits per heavy atom. The number of benzene rings is 1. The Morgan fingerprint density at radius 3 is 2.51 bits per heavy atom. The van der Waals surface area contributed by atoms with E-state index in [2.05, 4.69) is 15.0 Å². The van der Waals surface area contributed by atoms with Gasteiger partial charge in [0.25, 0.3) is 5.91 Å². The lowest BCUT2D eigenvalue weighted by Crippen LogP contribution is -2.28. The highest BCUT2D eigenvalue weighted by Crippen LogP contribution is 2.31. The molecule has 3 aromatic heterocycles. The summed E-state index contributed by atoms with van der Waals surface area (Å²) < 4.78 is 53.9. The number of H-pyrrole nitrogens is 1. The third-order valence-corrected chi connectivity index (χ3v) is 6.04. The number of hydrogen-bond acceptors (Lipinski definition) is 6. The molecule has 0 fully saturated rings. The first kappa shape index (κ1) is 24.1. The summed E-state index contributed by atoms with van der Waals surface area (Å²) in [7, 11) is 0. The first-order chi connectivity index (χ1) is 16.7. The molecule has 0 aliphatic rings. The number of hydrogen-bond donors (Lipinski definition) is 2. The van der Waals surface area contributed by atoms with Crippen molar-refractivity contribution in [3.63, 3.8) is 0 Å². The van der Waals surface area contributed by atoms with Crippen LogP contribution in [0, 0.1) is 11.6 Å². The van der Waals surface area contributed by atoms with E-state index in [0.29, 0.717) is 23.2 Å². The van der Waals surface area contributed by atoms with E-state index in [1.807, 2.05) is 0 Å². The molecule has 3 N–H and O–H groups in total. The number of nitrogens with zero attached hydrogens (tertiary/aromatic N) is 3. The lowest BCUT2D eigenvalue weighted by atomic mass is 10.00. The van der Waals surface area contributed by atoms with Crippen LogP contribution in [0.1, 0.15) is 39.8 Å². The average molecular weight is 498 g/mol. The number of nitrogens with two attached hydrogens (primary N) is 1. The van der Waals surface area contributed by atoms with Crippen molar-refractivity contribution in [2.45, 2.75) is 13.3 Å². The van der Waals surface area contributed by atoms with Crippen molar-refractivity contribution in [3.8, 4) is 11.1 Å². The van der Waals surface area contributed by atoms with Gasteiger partial charge >= 0.3 is 0 Å².